The summed E-state index contributed by atoms with van der Waals surface area (Å²) in [6, 6.07) is 12.5. The lowest BCUT2D eigenvalue weighted by atomic mass is 9.94. The van der Waals surface area contributed by atoms with E-state index in [4.69, 9.17) is 11.6 Å². The van der Waals surface area contributed by atoms with E-state index in [9.17, 15) is 23.1 Å². The summed E-state index contributed by atoms with van der Waals surface area (Å²) in [5, 5.41) is 8.79. The van der Waals surface area contributed by atoms with Gasteiger partial charge >= 0.3 is 5.97 Å². The van der Waals surface area contributed by atoms with Gasteiger partial charge in [0.1, 0.15) is 6.04 Å². The molecular formula is C21H19ClINO5S. The molecule has 2 atom stereocenters. The van der Waals surface area contributed by atoms with Gasteiger partial charge in [-0.1, -0.05) is 35.9 Å². The summed E-state index contributed by atoms with van der Waals surface area (Å²) in [7, 11) is -3.89. The third kappa shape index (κ3) is 3.62. The number of carbonyl (C=O) groups is 2. The van der Waals surface area contributed by atoms with Gasteiger partial charge in [0, 0.05) is 10.1 Å². The second-order valence-electron chi connectivity index (χ2n) is 7.73. The van der Waals surface area contributed by atoms with Crippen molar-refractivity contribution in [1.82, 2.24) is 4.90 Å². The Morgan fingerprint density at radius 3 is 2.30 bits per heavy atom. The number of benzene rings is 2. The number of likely N-dealkylation sites (tertiary alicyclic amines) is 1. The molecule has 2 aliphatic rings. The van der Waals surface area contributed by atoms with E-state index in [-0.39, 0.29) is 28.8 Å². The van der Waals surface area contributed by atoms with Crippen molar-refractivity contribution < 1.29 is 23.1 Å². The van der Waals surface area contributed by atoms with Crippen molar-refractivity contribution in [2.24, 2.45) is 0 Å². The number of amides is 1. The van der Waals surface area contributed by atoms with Crippen LogP contribution < -0.4 is 0 Å². The molecule has 1 aliphatic heterocycles. The van der Waals surface area contributed by atoms with Crippen LogP contribution in [0.3, 0.4) is 0 Å². The molecule has 0 unspecified atom stereocenters. The Morgan fingerprint density at radius 1 is 1.10 bits per heavy atom. The number of aliphatic carboxylic acids is 1. The quantitative estimate of drug-likeness (QED) is 0.566. The number of hydrogen-bond acceptors (Lipinski definition) is 4. The first kappa shape index (κ1) is 21.6. The van der Waals surface area contributed by atoms with Crippen LogP contribution in [0.4, 0.5) is 0 Å². The first-order valence-corrected chi connectivity index (χ1v) is 12.5. The van der Waals surface area contributed by atoms with Crippen molar-refractivity contribution in [3.05, 3.63) is 62.7 Å². The molecule has 1 amide bonds. The summed E-state index contributed by atoms with van der Waals surface area (Å²) < 4.78 is 27.3. The van der Waals surface area contributed by atoms with Gasteiger partial charge in [-0.05, 0) is 71.7 Å². The molecule has 2 fully saturated rings. The van der Waals surface area contributed by atoms with Crippen LogP contribution in [-0.4, -0.2) is 48.1 Å². The van der Waals surface area contributed by atoms with Crippen LogP contribution >= 0.6 is 34.2 Å². The summed E-state index contributed by atoms with van der Waals surface area (Å²) in [4.78, 5) is 26.6. The van der Waals surface area contributed by atoms with Crippen molar-refractivity contribution in [3.63, 3.8) is 0 Å². The van der Waals surface area contributed by atoms with Crippen LogP contribution in [0.2, 0.25) is 5.02 Å². The zero-order valence-corrected chi connectivity index (χ0v) is 19.5. The Hall–Kier alpha value is -1.65. The Balaban J connectivity index is 1.65. The van der Waals surface area contributed by atoms with Crippen LogP contribution in [0.25, 0.3) is 0 Å². The van der Waals surface area contributed by atoms with Crippen LogP contribution in [-0.2, 0) is 24.8 Å². The van der Waals surface area contributed by atoms with Gasteiger partial charge in [-0.3, -0.25) is 4.79 Å². The van der Waals surface area contributed by atoms with E-state index in [0.29, 0.717) is 12.8 Å². The maximum atomic E-state index is 13.4. The lowest BCUT2D eigenvalue weighted by molar-refractivity contribution is -0.149. The normalized spacial score (nSPS) is 22.7. The van der Waals surface area contributed by atoms with Gasteiger partial charge in [-0.25, -0.2) is 13.2 Å². The fourth-order valence-corrected chi connectivity index (χ4v) is 6.71. The van der Waals surface area contributed by atoms with E-state index in [1.54, 1.807) is 12.1 Å². The van der Waals surface area contributed by atoms with Crippen LogP contribution in [0.15, 0.2) is 53.4 Å². The lowest BCUT2D eigenvalue weighted by Gasteiger charge is -2.27. The molecule has 1 aliphatic carbocycles. The van der Waals surface area contributed by atoms with E-state index < -0.39 is 32.5 Å². The van der Waals surface area contributed by atoms with Crippen molar-refractivity contribution >= 4 is 55.9 Å². The van der Waals surface area contributed by atoms with E-state index in [0.717, 1.165) is 9.13 Å². The molecule has 2 aromatic rings. The molecule has 1 saturated carbocycles. The Morgan fingerprint density at radius 2 is 1.73 bits per heavy atom. The topological polar surface area (TPSA) is 91.8 Å². The van der Waals surface area contributed by atoms with Crippen LogP contribution in [0.5, 0.6) is 0 Å². The van der Waals surface area contributed by atoms with Crippen LogP contribution in [0, 0.1) is 3.57 Å². The summed E-state index contributed by atoms with van der Waals surface area (Å²) in [5.41, 5.74) is 0.0793. The highest BCUT2D eigenvalue weighted by Crippen LogP contribution is 2.51. The highest BCUT2D eigenvalue weighted by Gasteiger charge is 2.57. The zero-order chi connectivity index (χ0) is 21.7. The number of carboxylic acid groups (broad SMARTS) is 1. The summed E-state index contributed by atoms with van der Waals surface area (Å²) >= 11 is 8.27. The first-order valence-electron chi connectivity index (χ1n) is 9.45. The number of carbonyl (C=O) groups excluding carboxylic acids is 1. The summed E-state index contributed by atoms with van der Waals surface area (Å²) in [5.74, 6) is -1.51. The number of sulfone groups is 1. The van der Waals surface area contributed by atoms with E-state index in [1.165, 1.54) is 17.0 Å². The minimum absolute atomic E-state index is 0.0334. The first-order chi connectivity index (χ1) is 14.2. The van der Waals surface area contributed by atoms with Gasteiger partial charge in [0.15, 0.2) is 9.84 Å². The minimum Gasteiger partial charge on any atom is -0.480 e. The maximum absolute atomic E-state index is 13.4. The molecule has 1 saturated heterocycles. The Labute approximate surface area is 193 Å². The predicted molar refractivity (Wildman–Crippen MR) is 120 cm³/mol. The number of rotatable bonds is 5. The SMILES string of the molecule is O=C(O)[C@@H]1C[C@@H](S(=O)(=O)c2ccccc2Cl)CN1C(=O)C1(c2ccc(I)cc2)CC1. The molecule has 0 aromatic heterocycles. The summed E-state index contributed by atoms with van der Waals surface area (Å²) in [6.07, 6.45) is 1.09. The molecule has 0 radical (unpaired) electrons. The summed E-state index contributed by atoms with van der Waals surface area (Å²) in [6.45, 7) is -0.157. The largest absolute Gasteiger partial charge is 0.480 e. The molecule has 0 spiro atoms. The van der Waals surface area contributed by atoms with E-state index in [2.05, 4.69) is 22.6 Å². The molecular weight excluding hydrogens is 541 g/mol. The highest BCUT2D eigenvalue weighted by molar-refractivity contribution is 14.1. The maximum Gasteiger partial charge on any atom is 0.326 e. The molecule has 30 heavy (non-hydrogen) atoms. The zero-order valence-electron chi connectivity index (χ0n) is 15.8. The van der Waals surface area contributed by atoms with Gasteiger partial charge < -0.3 is 10.0 Å². The van der Waals surface area contributed by atoms with Gasteiger partial charge in [0.2, 0.25) is 5.91 Å². The molecule has 6 nitrogen and oxygen atoms in total. The third-order valence-corrected chi connectivity index (χ3v) is 9.30. The molecule has 158 valence electrons. The van der Waals surface area contributed by atoms with Gasteiger partial charge in [-0.2, -0.15) is 0 Å². The van der Waals surface area contributed by atoms with Gasteiger partial charge in [-0.15, -0.1) is 0 Å². The second-order valence-corrected chi connectivity index (χ2v) is 11.6. The standard InChI is InChI=1S/C21H19ClINO5S/c22-16-3-1-2-4-18(16)30(28,29)15-11-17(19(25)26)24(12-15)20(27)21(9-10-21)13-5-7-14(23)8-6-13/h1-8,15,17H,9-12H2,(H,25,26)/t15-,17+/m1/s1. The Kier molecular flexibility index (Phi) is 5.61. The van der Waals surface area contributed by atoms with Crippen LogP contribution in [0.1, 0.15) is 24.8 Å². The van der Waals surface area contributed by atoms with Gasteiger partial charge in [0.05, 0.1) is 20.6 Å². The predicted octanol–water partition coefficient (Wildman–Crippen LogP) is 3.50. The number of carboxylic acids is 1. The number of halogens is 2. The minimum atomic E-state index is -3.89. The lowest BCUT2D eigenvalue weighted by Crippen LogP contribution is -2.46. The van der Waals surface area contributed by atoms with Crippen molar-refractivity contribution in [1.29, 1.82) is 0 Å². The Bertz CT molecular complexity index is 1110. The van der Waals surface area contributed by atoms with Crippen molar-refractivity contribution in [3.8, 4) is 0 Å². The molecule has 9 heteroatoms. The second kappa shape index (κ2) is 7.80. The highest BCUT2D eigenvalue weighted by atomic mass is 127. The average molecular weight is 560 g/mol. The molecule has 0 bridgehead atoms. The number of nitrogens with zero attached hydrogens (tertiary/aromatic N) is 1. The van der Waals surface area contributed by atoms with Crippen molar-refractivity contribution in [2.45, 2.75) is 40.9 Å². The average Bonchev–Trinajstić information content (AvgIpc) is 3.38. The van der Waals surface area contributed by atoms with E-state index in [1.807, 2.05) is 24.3 Å². The fourth-order valence-electron chi connectivity index (χ4n) is 4.13. The monoisotopic (exact) mass is 559 g/mol. The van der Waals surface area contributed by atoms with Gasteiger partial charge in [0.25, 0.3) is 0 Å². The molecule has 2 aromatic carbocycles. The van der Waals surface area contributed by atoms with E-state index >= 15 is 0 Å². The molecule has 1 heterocycles. The third-order valence-electron chi connectivity index (χ3n) is 5.95. The molecule has 1 N–H and O–H groups in total. The van der Waals surface area contributed by atoms with Crippen molar-refractivity contribution in [2.75, 3.05) is 6.54 Å². The number of hydrogen-bond donors (Lipinski definition) is 1. The fraction of sp³-hybridized carbons (Fsp3) is 0.333. The smallest absolute Gasteiger partial charge is 0.326 e. The molecule has 4 rings (SSSR count).